The van der Waals surface area contributed by atoms with Gasteiger partial charge in [-0.2, -0.15) is 13.2 Å². The molecule has 0 bridgehead atoms. The topological polar surface area (TPSA) is 402 Å². The molecular weight excluding hydrogens is 1620 g/mol. The third-order valence-electron chi connectivity index (χ3n) is 20.3. The van der Waals surface area contributed by atoms with Gasteiger partial charge in [0.15, 0.2) is 28.9 Å². The fourth-order valence-corrected chi connectivity index (χ4v) is 12.9. The molecule has 27 heteroatoms. The number of aliphatic hydroxyl groups excluding tert-OH is 5. The molecule has 2 fully saturated rings. The molecule has 2 saturated carbocycles. The van der Waals surface area contributed by atoms with Crippen LogP contribution in [0.5, 0.6) is 0 Å². The van der Waals surface area contributed by atoms with Crippen molar-refractivity contribution in [1.29, 1.82) is 0 Å². The van der Waals surface area contributed by atoms with Crippen LogP contribution in [0.1, 0.15) is 323 Å². The Hall–Kier alpha value is -7.07. The zero-order valence-electron chi connectivity index (χ0n) is 79.8. The summed E-state index contributed by atoms with van der Waals surface area (Å²) in [6.45, 7) is 49.6. The summed E-state index contributed by atoms with van der Waals surface area (Å²) in [5.74, 6) is -3.57. The van der Waals surface area contributed by atoms with Gasteiger partial charge in [-0.15, -0.1) is 0 Å². The molecule has 125 heavy (non-hydrogen) atoms. The van der Waals surface area contributed by atoms with Crippen LogP contribution < -0.4 is 0 Å². The number of benzene rings is 1. The van der Waals surface area contributed by atoms with E-state index in [9.17, 15) is 89.9 Å². The third-order valence-corrected chi connectivity index (χ3v) is 20.3. The van der Waals surface area contributed by atoms with Crippen LogP contribution in [0.25, 0.3) is 0 Å². The highest BCUT2D eigenvalue weighted by molar-refractivity contribution is 5.95. The fourth-order valence-electron chi connectivity index (χ4n) is 12.9. The number of ether oxygens (including phenoxy) is 3. The predicted octanol–water partition coefficient (Wildman–Crippen LogP) is 17.4. The molecule has 2 aliphatic carbocycles. The molecule has 8 atom stereocenters. The van der Waals surface area contributed by atoms with Crippen LogP contribution in [0, 0.1) is 118 Å². The van der Waals surface area contributed by atoms with Crippen molar-refractivity contribution in [3.05, 3.63) is 35.9 Å². The molecule has 0 heterocycles. The number of alkyl halides is 3. The standard InChI is InChI=1S/C14H18O3.C13H22O3.C13H24O3.C12H22O3.C11H17F3O3.C11H18O3.2C11H20O3.2CH4/c1-10(2)14(17)13(8-12(16)9-15)11-6-4-3-5-7-11;1-8(2)13(15)11(10-5-6-10)7-12(14)16-9(3)4;1-8(2)11(13(15)9(3)4)7-12(14)16-10(5)6;1-6-15-11(13)7-10(8(2)3)12(14)9(4)5;1-7(2)10(17)8(5-9(16)6-15)3-4-11(12,13)14;1-7(2)11(14)10(8-3-4-8)5-9(13)6-12;1-7(2)10(5-9(13)6-12)11(14)8(3)4;1-4-5-9(6-10(13)7-12)11(14)8(2)3;;/h3-7,10,13,15H,8-9H2,1-2H3;8-11H,5-7H2,1-4H3;8-11H,7H2,1-6H3;8-10H,6-7H2,1-5H3;7-8,15H,3-6H2,1-2H3;7-8,10,12H,3-6H2,1-2H3;7-8,10,12H,5-6H2,1-4H3;8-9,12H,4-7H2,1-3H3;2*1H4. The van der Waals surface area contributed by atoms with Crippen LogP contribution in [0.15, 0.2) is 30.3 Å². The van der Waals surface area contributed by atoms with Gasteiger partial charge in [-0.1, -0.05) is 211 Å². The van der Waals surface area contributed by atoms with Crippen molar-refractivity contribution in [2.45, 2.75) is 336 Å². The van der Waals surface area contributed by atoms with Crippen molar-refractivity contribution in [2.75, 3.05) is 39.6 Å². The molecule has 0 saturated heterocycles. The number of hydrogen-bond donors (Lipinski definition) is 5. The van der Waals surface area contributed by atoms with Gasteiger partial charge in [-0.25, -0.2) is 0 Å². The van der Waals surface area contributed by atoms with E-state index in [-0.39, 0.29) is 260 Å². The predicted molar refractivity (Wildman–Crippen MR) is 482 cm³/mol. The molecule has 2 aliphatic rings. The van der Waals surface area contributed by atoms with E-state index in [0.29, 0.717) is 18.4 Å². The van der Waals surface area contributed by atoms with Crippen molar-refractivity contribution in [3.63, 3.8) is 0 Å². The Morgan fingerprint density at radius 3 is 0.904 bits per heavy atom. The van der Waals surface area contributed by atoms with Crippen molar-refractivity contribution >= 4 is 93.1 Å². The molecule has 0 amide bonds. The number of carbonyl (C=O) groups is 16. The summed E-state index contributed by atoms with van der Waals surface area (Å²) < 4.78 is 51.2. The number of halogens is 3. The molecule has 0 radical (unpaired) electrons. The highest BCUT2D eigenvalue weighted by atomic mass is 19.4. The molecular formula is C98H169F3O24. The molecule has 1 aromatic carbocycles. The molecule has 0 aliphatic heterocycles. The number of carbonyl (C=O) groups excluding carboxylic acids is 16. The number of esters is 3. The fraction of sp³-hybridized carbons (Fsp3) is 0.776. The first-order chi connectivity index (χ1) is 56.8. The molecule has 8 unspecified atom stereocenters. The van der Waals surface area contributed by atoms with Crippen LogP contribution >= 0.6 is 0 Å². The largest absolute Gasteiger partial charge is 0.466 e. The Labute approximate surface area is 748 Å². The van der Waals surface area contributed by atoms with Crippen LogP contribution in [0.2, 0.25) is 0 Å². The molecule has 24 nitrogen and oxygen atoms in total. The minimum absolute atomic E-state index is 0. The van der Waals surface area contributed by atoms with Crippen molar-refractivity contribution in [1.82, 2.24) is 0 Å². The first kappa shape index (κ1) is 131. The van der Waals surface area contributed by atoms with E-state index in [1.165, 1.54) is 0 Å². The Morgan fingerprint density at radius 2 is 0.624 bits per heavy atom. The van der Waals surface area contributed by atoms with Gasteiger partial charge in [0.25, 0.3) is 0 Å². The van der Waals surface area contributed by atoms with Gasteiger partial charge in [0, 0.05) is 133 Å². The summed E-state index contributed by atoms with van der Waals surface area (Å²) in [5.41, 5.74) is 0.841. The first-order valence-electron chi connectivity index (χ1n) is 44.4. The van der Waals surface area contributed by atoms with E-state index in [1.54, 1.807) is 20.8 Å². The van der Waals surface area contributed by atoms with Crippen LogP contribution in [-0.2, 0) is 90.9 Å². The zero-order chi connectivity index (χ0) is 96.8. The maximum Gasteiger partial charge on any atom is 0.389 e. The summed E-state index contributed by atoms with van der Waals surface area (Å²) in [4.78, 5) is 184. The molecule has 0 aromatic heterocycles. The lowest BCUT2D eigenvalue weighted by molar-refractivity contribution is -0.151. The first-order valence-corrected chi connectivity index (χ1v) is 44.4. The summed E-state index contributed by atoms with van der Waals surface area (Å²) in [6.07, 6.45) is 0.917. The summed E-state index contributed by atoms with van der Waals surface area (Å²) in [5, 5.41) is 43.2. The van der Waals surface area contributed by atoms with Crippen molar-refractivity contribution in [2.24, 2.45) is 118 Å². The Kier molecular flexibility index (Phi) is 74.3. The second kappa shape index (κ2) is 70.9. The van der Waals surface area contributed by atoms with E-state index in [4.69, 9.17) is 39.7 Å². The maximum absolute atomic E-state index is 12.1. The average molecular weight is 1790 g/mol. The van der Waals surface area contributed by atoms with Crippen LogP contribution in [-0.4, -0.2) is 177 Å². The lowest BCUT2D eigenvalue weighted by Gasteiger charge is -2.21. The van der Waals surface area contributed by atoms with Crippen LogP contribution in [0.3, 0.4) is 0 Å². The Balaban J connectivity index is -0.000000254. The van der Waals surface area contributed by atoms with E-state index in [1.807, 2.05) is 203 Å². The van der Waals surface area contributed by atoms with Gasteiger partial charge in [-0.3, -0.25) is 76.7 Å². The number of hydrogen-bond acceptors (Lipinski definition) is 24. The minimum atomic E-state index is -4.34. The second-order valence-electron chi connectivity index (χ2n) is 36.2. The van der Waals surface area contributed by atoms with Gasteiger partial charge in [0.05, 0.1) is 38.1 Å². The number of aliphatic hydroxyl groups is 5. The summed E-state index contributed by atoms with van der Waals surface area (Å²) in [7, 11) is 0. The lowest BCUT2D eigenvalue weighted by Crippen LogP contribution is -2.28. The normalized spacial score (nSPS) is 14.1. The molecule has 726 valence electrons. The monoisotopic (exact) mass is 1790 g/mol. The van der Waals surface area contributed by atoms with Crippen LogP contribution in [0.4, 0.5) is 13.2 Å². The van der Waals surface area contributed by atoms with Gasteiger partial charge >= 0.3 is 24.1 Å². The number of ketones is 13. The average Bonchev–Trinajstić information content (AvgIpc) is 1.64. The Bertz CT molecular complexity index is 3210. The minimum Gasteiger partial charge on any atom is -0.466 e. The number of Topliss-reactive ketones (excluding diaryl/α,β-unsaturated/α-hetero) is 13. The lowest BCUT2D eigenvalue weighted by atomic mass is 9.83. The highest BCUT2D eigenvalue weighted by Gasteiger charge is 2.40. The molecule has 3 rings (SSSR count). The maximum atomic E-state index is 12.1. The zero-order valence-corrected chi connectivity index (χ0v) is 79.8. The summed E-state index contributed by atoms with van der Waals surface area (Å²) >= 11 is 0. The Morgan fingerprint density at radius 1 is 0.344 bits per heavy atom. The van der Waals surface area contributed by atoms with Gasteiger partial charge in [0.2, 0.25) is 0 Å². The molecule has 1 aromatic rings. The van der Waals surface area contributed by atoms with Crippen molar-refractivity contribution < 1.29 is 130 Å². The van der Waals surface area contributed by atoms with E-state index < -0.39 is 75.6 Å². The smallest absolute Gasteiger partial charge is 0.389 e. The van der Waals surface area contributed by atoms with Crippen molar-refractivity contribution in [3.8, 4) is 0 Å². The van der Waals surface area contributed by atoms with Gasteiger partial charge in [-0.05, 0) is 108 Å². The number of rotatable bonds is 50. The van der Waals surface area contributed by atoms with E-state index >= 15 is 0 Å². The van der Waals surface area contributed by atoms with Gasteiger partial charge in [0.1, 0.15) is 79.3 Å². The second-order valence-corrected chi connectivity index (χ2v) is 36.2. The molecule has 5 N–H and O–H groups in total. The quantitative estimate of drug-likeness (QED) is 0.0299. The molecule has 0 spiro atoms. The third kappa shape index (κ3) is 62.7. The van der Waals surface area contributed by atoms with E-state index in [0.717, 1.165) is 44.1 Å². The SMILES string of the molecule is C.C.CC(C)C(=O)C(CC(=O)CO)C(C)C.CC(C)C(=O)C(CC(=O)CO)C1CC1.CC(C)C(=O)C(CC(=O)CO)c1ccccc1.CC(C)C(=O)C(CCC(F)(F)F)CC(=O)CO.CC(C)OC(=O)CC(C(=O)C(C)C)C(C)C.CC(C)OC(=O)CC(C(=O)C(C)C)C1CC1.CCCC(CC(=O)CO)C(=O)C(C)C.CCOC(=O)CC(C(=O)C(C)C)C(C)C. The van der Waals surface area contributed by atoms with Gasteiger partial charge < -0.3 is 39.7 Å². The highest BCUT2D eigenvalue weighted by Crippen LogP contribution is 2.42. The summed E-state index contributed by atoms with van der Waals surface area (Å²) in [6, 6.07) is 9.25. The van der Waals surface area contributed by atoms with E-state index in [2.05, 4.69) is 0 Å².